The minimum atomic E-state index is -0.799. The van der Waals surface area contributed by atoms with Crippen LogP contribution in [-0.4, -0.2) is 17.8 Å². The Morgan fingerprint density at radius 3 is 2.17 bits per heavy atom. The smallest absolute Gasteiger partial charge is 0.407 e. The molecule has 0 fully saturated rings. The number of ether oxygens (including phenoxy) is 2. The lowest BCUT2D eigenvalue weighted by Gasteiger charge is -2.21. The Hall–Kier alpha value is -3.02. The molecule has 2 rings (SSSR count). The number of aryl methyl sites for hydroxylation is 2. The van der Waals surface area contributed by atoms with E-state index in [0.29, 0.717) is 13.0 Å². The summed E-state index contributed by atoms with van der Waals surface area (Å²) in [5, 5.41) is 2.78. The van der Waals surface area contributed by atoms with Crippen LogP contribution in [0.5, 0.6) is 0 Å². The third-order valence-corrected chi connectivity index (χ3v) is 4.41. The highest BCUT2D eigenvalue weighted by atomic mass is 16.6. The number of hydrogen-bond donors (Lipinski definition) is 2. The van der Waals surface area contributed by atoms with Gasteiger partial charge in [-0.25, -0.2) is 9.59 Å². The summed E-state index contributed by atoms with van der Waals surface area (Å²) in [7, 11) is 0. The summed E-state index contributed by atoms with van der Waals surface area (Å²) in [6.45, 7) is 9.86. The third kappa shape index (κ3) is 7.14. The number of alkyl carbamates (subject to hydrolysis) is 1. The van der Waals surface area contributed by atoms with Crippen LogP contribution in [0, 0.1) is 13.8 Å². The van der Waals surface area contributed by atoms with Gasteiger partial charge < -0.3 is 20.5 Å². The lowest BCUT2D eigenvalue weighted by Crippen LogP contribution is -2.32. The number of benzene rings is 2. The fourth-order valence-corrected chi connectivity index (χ4v) is 3.22. The molecule has 3 N–H and O–H groups in total. The number of hydrogen-bond acceptors (Lipinski definition) is 4. The summed E-state index contributed by atoms with van der Waals surface area (Å²) >= 11 is 0. The molecule has 0 aliphatic rings. The maximum absolute atomic E-state index is 11.9. The molecule has 29 heavy (non-hydrogen) atoms. The Morgan fingerprint density at radius 2 is 1.66 bits per heavy atom. The zero-order valence-electron chi connectivity index (χ0n) is 17.7. The van der Waals surface area contributed by atoms with E-state index in [9.17, 15) is 9.59 Å². The second-order valence-electron chi connectivity index (χ2n) is 8.10. The number of amides is 2. The van der Waals surface area contributed by atoms with Gasteiger partial charge in [0.2, 0.25) is 0 Å². The molecule has 0 bridgehead atoms. The molecule has 0 saturated carbocycles. The van der Waals surface area contributed by atoms with Crippen molar-refractivity contribution in [2.75, 3.05) is 0 Å². The van der Waals surface area contributed by atoms with E-state index in [1.165, 1.54) is 0 Å². The molecule has 2 aromatic carbocycles. The average Bonchev–Trinajstić information content (AvgIpc) is 2.61. The molecule has 0 aliphatic heterocycles. The molecule has 2 amide bonds. The second kappa shape index (κ2) is 9.45. The Labute approximate surface area is 172 Å². The van der Waals surface area contributed by atoms with Gasteiger partial charge in [-0.05, 0) is 62.4 Å². The van der Waals surface area contributed by atoms with Gasteiger partial charge in [0.15, 0.2) is 0 Å². The molecular formula is C23H30N2O4. The van der Waals surface area contributed by atoms with Crippen LogP contribution in [0.2, 0.25) is 0 Å². The molecule has 6 nitrogen and oxygen atoms in total. The predicted octanol–water partition coefficient (Wildman–Crippen LogP) is 4.71. The predicted molar refractivity (Wildman–Crippen MR) is 113 cm³/mol. The lowest BCUT2D eigenvalue weighted by atomic mass is 9.92. The highest BCUT2D eigenvalue weighted by molar-refractivity contribution is 5.67. The Kier molecular flexibility index (Phi) is 7.26. The van der Waals surface area contributed by atoms with Crippen LogP contribution < -0.4 is 11.1 Å². The molecule has 1 unspecified atom stereocenters. The molecule has 6 heteroatoms. The number of primary amides is 1. The summed E-state index contributed by atoms with van der Waals surface area (Å²) in [5.74, 6) is 0. The molecule has 0 spiro atoms. The van der Waals surface area contributed by atoms with E-state index in [1.807, 2.05) is 77.1 Å². The van der Waals surface area contributed by atoms with E-state index >= 15 is 0 Å². The van der Waals surface area contributed by atoms with Crippen molar-refractivity contribution in [3.05, 3.63) is 70.3 Å². The van der Waals surface area contributed by atoms with Crippen molar-refractivity contribution in [3.63, 3.8) is 0 Å². The van der Waals surface area contributed by atoms with Crippen LogP contribution in [0.4, 0.5) is 9.59 Å². The fourth-order valence-electron chi connectivity index (χ4n) is 3.22. The molecule has 0 radical (unpaired) electrons. The Bertz CT molecular complexity index is 834. The first kappa shape index (κ1) is 22.3. The Morgan fingerprint density at radius 1 is 1.07 bits per heavy atom. The fraction of sp³-hybridized carbons (Fsp3) is 0.391. The molecule has 0 aromatic heterocycles. The van der Waals surface area contributed by atoms with E-state index in [4.69, 9.17) is 15.2 Å². The van der Waals surface area contributed by atoms with Gasteiger partial charge in [0, 0.05) is 13.0 Å². The van der Waals surface area contributed by atoms with Crippen LogP contribution in [0.3, 0.4) is 0 Å². The van der Waals surface area contributed by atoms with Crippen LogP contribution in [-0.2, 0) is 22.4 Å². The monoisotopic (exact) mass is 398 g/mol. The number of carbonyl (C=O) groups excluding carboxylic acids is 2. The molecule has 0 heterocycles. The van der Waals surface area contributed by atoms with Crippen molar-refractivity contribution in [1.29, 1.82) is 0 Å². The topological polar surface area (TPSA) is 90.7 Å². The summed E-state index contributed by atoms with van der Waals surface area (Å²) in [5.41, 5.74) is 9.81. The number of rotatable bonds is 6. The van der Waals surface area contributed by atoms with Gasteiger partial charge in [-0.15, -0.1) is 0 Å². The highest BCUT2D eigenvalue weighted by Crippen LogP contribution is 2.27. The van der Waals surface area contributed by atoms with E-state index < -0.39 is 23.9 Å². The maximum atomic E-state index is 11.9. The van der Waals surface area contributed by atoms with Crippen molar-refractivity contribution >= 4 is 12.2 Å². The largest absolute Gasteiger partial charge is 0.444 e. The molecular weight excluding hydrogens is 368 g/mol. The van der Waals surface area contributed by atoms with Crippen LogP contribution in [0.25, 0.3) is 0 Å². The average molecular weight is 399 g/mol. The minimum absolute atomic E-state index is 0.372. The summed E-state index contributed by atoms with van der Waals surface area (Å²) in [6, 6.07) is 13.6. The van der Waals surface area contributed by atoms with Crippen molar-refractivity contribution in [1.82, 2.24) is 5.32 Å². The Balaban J connectivity index is 2.15. The van der Waals surface area contributed by atoms with Gasteiger partial charge in [0.05, 0.1) is 0 Å². The van der Waals surface area contributed by atoms with E-state index in [1.54, 1.807) is 0 Å². The maximum Gasteiger partial charge on any atom is 0.407 e. The highest BCUT2D eigenvalue weighted by Gasteiger charge is 2.19. The SMILES string of the molecule is Cc1cc(CNC(=O)OC(C)(C)C)cc(C)c1CC(OC(N)=O)c1ccccc1. The normalized spacial score (nSPS) is 12.2. The van der Waals surface area contributed by atoms with Gasteiger partial charge in [0.25, 0.3) is 0 Å². The molecule has 1 atom stereocenters. The van der Waals surface area contributed by atoms with Crippen molar-refractivity contribution < 1.29 is 19.1 Å². The number of carbonyl (C=O) groups is 2. The van der Waals surface area contributed by atoms with Gasteiger partial charge in [-0.1, -0.05) is 42.5 Å². The van der Waals surface area contributed by atoms with Gasteiger partial charge in [0.1, 0.15) is 11.7 Å². The number of nitrogens with one attached hydrogen (secondary N) is 1. The van der Waals surface area contributed by atoms with Gasteiger partial charge >= 0.3 is 12.2 Å². The van der Waals surface area contributed by atoms with Crippen molar-refractivity contribution in [2.24, 2.45) is 5.73 Å². The summed E-state index contributed by atoms with van der Waals surface area (Å²) < 4.78 is 10.6. The van der Waals surface area contributed by atoms with E-state index in [2.05, 4.69) is 5.32 Å². The lowest BCUT2D eigenvalue weighted by molar-refractivity contribution is 0.0523. The molecule has 0 saturated heterocycles. The van der Waals surface area contributed by atoms with Gasteiger partial charge in [-0.3, -0.25) is 0 Å². The first-order chi connectivity index (χ1) is 13.5. The van der Waals surface area contributed by atoms with Crippen LogP contribution >= 0.6 is 0 Å². The third-order valence-electron chi connectivity index (χ3n) is 4.41. The van der Waals surface area contributed by atoms with Crippen LogP contribution in [0.1, 0.15) is 54.7 Å². The van der Waals surface area contributed by atoms with Crippen LogP contribution in [0.15, 0.2) is 42.5 Å². The van der Waals surface area contributed by atoms with E-state index in [0.717, 1.165) is 27.8 Å². The first-order valence-corrected chi connectivity index (χ1v) is 9.62. The van der Waals surface area contributed by atoms with Crippen molar-refractivity contribution in [2.45, 2.75) is 59.3 Å². The van der Waals surface area contributed by atoms with Crippen molar-refractivity contribution in [3.8, 4) is 0 Å². The van der Waals surface area contributed by atoms with E-state index in [-0.39, 0.29) is 0 Å². The minimum Gasteiger partial charge on any atom is -0.444 e. The second-order valence-corrected chi connectivity index (χ2v) is 8.10. The summed E-state index contributed by atoms with van der Waals surface area (Å²) in [4.78, 5) is 23.3. The number of nitrogens with two attached hydrogens (primary N) is 1. The zero-order chi connectivity index (χ0) is 21.6. The summed E-state index contributed by atoms with van der Waals surface area (Å²) in [6.07, 6.45) is -1.19. The molecule has 0 aliphatic carbocycles. The molecule has 2 aromatic rings. The molecule has 156 valence electrons. The first-order valence-electron chi connectivity index (χ1n) is 9.62. The standard InChI is InChI=1S/C23H30N2O4/c1-15-11-17(14-25-22(27)29-23(3,4)5)12-16(2)19(15)13-20(28-21(24)26)18-9-7-6-8-10-18/h6-12,20H,13-14H2,1-5H3,(H2,24,26)(H,25,27). The quantitative estimate of drug-likeness (QED) is 0.737. The van der Waals surface area contributed by atoms with Gasteiger partial charge in [-0.2, -0.15) is 0 Å². The zero-order valence-corrected chi connectivity index (χ0v) is 17.7.